The Morgan fingerprint density at radius 3 is 2.70 bits per heavy atom. The summed E-state index contributed by atoms with van der Waals surface area (Å²) >= 11 is 0. The monoisotopic (exact) mass is 270 g/mol. The molecule has 0 saturated carbocycles. The standard InChI is InChI=1S/C15H11FN2O2/c1-9-7-10(5-6-11(9)15(19)20)18-14-4-2-3-13(16)12(14)8-17/h2-7,18H,1H3,(H,19,20). The first kappa shape index (κ1) is 13.6. The van der Waals surface area contributed by atoms with Crippen LogP contribution in [0.25, 0.3) is 0 Å². The highest BCUT2D eigenvalue weighted by atomic mass is 19.1. The zero-order valence-corrected chi connectivity index (χ0v) is 10.6. The number of rotatable bonds is 3. The van der Waals surface area contributed by atoms with Crippen molar-refractivity contribution >= 4 is 17.3 Å². The van der Waals surface area contributed by atoms with Gasteiger partial charge in [0.05, 0.1) is 11.3 Å². The third-order valence-corrected chi connectivity index (χ3v) is 2.86. The van der Waals surface area contributed by atoms with E-state index in [1.807, 2.05) is 0 Å². The number of hydrogen-bond acceptors (Lipinski definition) is 3. The fourth-order valence-corrected chi connectivity index (χ4v) is 1.88. The molecule has 0 aromatic heterocycles. The van der Waals surface area contributed by atoms with Gasteiger partial charge in [-0.3, -0.25) is 0 Å². The fraction of sp³-hybridized carbons (Fsp3) is 0.0667. The lowest BCUT2D eigenvalue weighted by Gasteiger charge is -2.10. The van der Waals surface area contributed by atoms with Gasteiger partial charge in [-0.05, 0) is 42.8 Å². The van der Waals surface area contributed by atoms with Crippen molar-refractivity contribution in [2.75, 3.05) is 5.32 Å². The summed E-state index contributed by atoms with van der Waals surface area (Å²) in [6.45, 7) is 1.67. The predicted molar refractivity (Wildman–Crippen MR) is 72.5 cm³/mol. The highest BCUT2D eigenvalue weighted by molar-refractivity contribution is 5.90. The molecule has 2 rings (SSSR count). The van der Waals surface area contributed by atoms with Crippen molar-refractivity contribution in [1.29, 1.82) is 5.26 Å². The summed E-state index contributed by atoms with van der Waals surface area (Å²) in [4.78, 5) is 10.9. The van der Waals surface area contributed by atoms with Gasteiger partial charge in [-0.15, -0.1) is 0 Å². The van der Waals surface area contributed by atoms with E-state index in [2.05, 4.69) is 5.32 Å². The topological polar surface area (TPSA) is 73.1 Å². The van der Waals surface area contributed by atoms with E-state index in [-0.39, 0.29) is 11.1 Å². The number of carboxylic acid groups (broad SMARTS) is 1. The summed E-state index contributed by atoms with van der Waals surface area (Å²) in [6, 6.07) is 10.8. The van der Waals surface area contributed by atoms with Gasteiger partial charge in [0.1, 0.15) is 17.4 Å². The number of carboxylic acids is 1. The predicted octanol–water partition coefficient (Wildman–Crippen LogP) is 3.45. The molecule has 0 saturated heterocycles. The molecule has 2 aromatic rings. The SMILES string of the molecule is Cc1cc(Nc2cccc(F)c2C#N)ccc1C(=O)O. The molecular weight excluding hydrogens is 259 g/mol. The molecule has 0 heterocycles. The van der Waals surface area contributed by atoms with Gasteiger partial charge in [-0.1, -0.05) is 6.07 Å². The van der Waals surface area contributed by atoms with Crippen molar-refractivity contribution in [2.24, 2.45) is 0 Å². The van der Waals surface area contributed by atoms with E-state index in [1.54, 1.807) is 31.2 Å². The average molecular weight is 270 g/mol. The molecule has 0 unspecified atom stereocenters. The minimum Gasteiger partial charge on any atom is -0.478 e. The Morgan fingerprint density at radius 2 is 2.10 bits per heavy atom. The fourth-order valence-electron chi connectivity index (χ4n) is 1.88. The molecule has 0 fully saturated rings. The lowest BCUT2D eigenvalue weighted by molar-refractivity contribution is 0.0696. The van der Waals surface area contributed by atoms with E-state index >= 15 is 0 Å². The van der Waals surface area contributed by atoms with Crippen molar-refractivity contribution in [2.45, 2.75) is 6.92 Å². The van der Waals surface area contributed by atoms with Crippen LogP contribution in [0.5, 0.6) is 0 Å². The summed E-state index contributed by atoms with van der Waals surface area (Å²) in [5, 5.41) is 20.8. The third-order valence-electron chi connectivity index (χ3n) is 2.86. The van der Waals surface area contributed by atoms with E-state index in [1.165, 1.54) is 18.2 Å². The van der Waals surface area contributed by atoms with Gasteiger partial charge in [0, 0.05) is 5.69 Å². The van der Waals surface area contributed by atoms with E-state index in [0.29, 0.717) is 16.9 Å². The Balaban J connectivity index is 2.37. The molecular formula is C15H11FN2O2. The number of halogens is 1. The quantitative estimate of drug-likeness (QED) is 0.895. The van der Waals surface area contributed by atoms with Crippen LogP contribution in [0.1, 0.15) is 21.5 Å². The van der Waals surface area contributed by atoms with Crippen LogP contribution in [-0.4, -0.2) is 11.1 Å². The van der Waals surface area contributed by atoms with Crippen LogP contribution < -0.4 is 5.32 Å². The van der Waals surface area contributed by atoms with Crippen molar-refractivity contribution < 1.29 is 14.3 Å². The number of carbonyl (C=O) groups is 1. The third kappa shape index (κ3) is 2.59. The highest BCUT2D eigenvalue weighted by Gasteiger charge is 2.10. The first-order valence-electron chi connectivity index (χ1n) is 5.82. The van der Waals surface area contributed by atoms with Crippen LogP contribution >= 0.6 is 0 Å². The van der Waals surface area contributed by atoms with Gasteiger partial charge in [0.25, 0.3) is 0 Å². The van der Waals surface area contributed by atoms with Crippen LogP contribution in [0.4, 0.5) is 15.8 Å². The summed E-state index contributed by atoms with van der Waals surface area (Å²) in [7, 11) is 0. The summed E-state index contributed by atoms with van der Waals surface area (Å²) < 4.78 is 13.5. The molecule has 0 atom stereocenters. The molecule has 0 aliphatic heterocycles. The number of aromatic carboxylic acids is 1. The normalized spacial score (nSPS) is 9.85. The summed E-state index contributed by atoms with van der Waals surface area (Å²) in [5.74, 6) is -1.60. The minimum absolute atomic E-state index is 0.0764. The number of hydrogen-bond donors (Lipinski definition) is 2. The Kier molecular flexibility index (Phi) is 3.67. The molecule has 0 radical (unpaired) electrons. The molecule has 0 aliphatic carbocycles. The maximum atomic E-state index is 13.5. The van der Waals surface area contributed by atoms with Crippen LogP contribution in [0.2, 0.25) is 0 Å². The van der Waals surface area contributed by atoms with E-state index in [9.17, 15) is 9.18 Å². The van der Waals surface area contributed by atoms with Crippen LogP contribution in [-0.2, 0) is 0 Å². The van der Waals surface area contributed by atoms with Gasteiger partial charge in [-0.25, -0.2) is 9.18 Å². The highest BCUT2D eigenvalue weighted by Crippen LogP contribution is 2.24. The molecule has 0 aliphatic rings. The van der Waals surface area contributed by atoms with Crippen molar-refractivity contribution in [3.05, 3.63) is 58.9 Å². The van der Waals surface area contributed by atoms with Crippen molar-refractivity contribution in [3.63, 3.8) is 0 Å². The second-order valence-corrected chi connectivity index (χ2v) is 4.23. The Morgan fingerprint density at radius 1 is 1.35 bits per heavy atom. The molecule has 0 spiro atoms. The molecule has 0 amide bonds. The second-order valence-electron chi connectivity index (χ2n) is 4.23. The summed E-state index contributed by atoms with van der Waals surface area (Å²) in [6.07, 6.45) is 0. The lowest BCUT2D eigenvalue weighted by atomic mass is 10.1. The number of anilines is 2. The number of aryl methyl sites for hydroxylation is 1. The largest absolute Gasteiger partial charge is 0.478 e. The minimum atomic E-state index is -1.00. The van der Waals surface area contributed by atoms with Gasteiger partial charge >= 0.3 is 5.97 Å². The van der Waals surface area contributed by atoms with E-state index in [0.717, 1.165) is 0 Å². The Bertz CT molecular complexity index is 720. The van der Waals surface area contributed by atoms with Gasteiger partial charge < -0.3 is 10.4 Å². The smallest absolute Gasteiger partial charge is 0.335 e. The van der Waals surface area contributed by atoms with Crippen molar-refractivity contribution in [3.8, 4) is 6.07 Å². The Hall–Kier alpha value is -2.87. The zero-order chi connectivity index (χ0) is 14.7. The van der Waals surface area contributed by atoms with Crippen LogP contribution in [0, 0.1) is 24.1 Å². The molecule has 0 bridgehead atoms. The second kappa shape index (κ2) is 5.41. The molecule has 100 valence electrons. The zero-order valence-electron chi connectivity index (χ0n) is 10.6. The number of nitrogens with zero attached hydrogens (tertiary/aromatic N) is 1. The first-order chi connectivity index (χ1) is 9.52. The first-order valence-corrected chi connectivity index (χ1v) is 5.82. The van der Waals surface area contributed by atoms with Crippen LogP contribution in [0.15, 0.2) is 36.4 Å². The maximum absolute atomic E-state index is 13.5. The average Bonchev–Trinajstić information content (AvgIpc) is 2.38. The summed E-state index contributed by atoms with van der Waals surface area (Å²) in [5.41, 5.74) is 1.64. The Labute approximate surface area is 115 Å². The van der Waals surface area contributed by atoms with E-state index in [4.69, 9.17) is 10.4 Å². The lowest BCUT2D eigenvalue weighted by Crippen LogP contribution is -2.01. The number of nitriles is 1. The maximum Gasteiger partial charge on any atom is 0.335 e. The van der Waals surface area contributed by atoms with Crippen molar-refractivity contribution in [1.82, 2.24) is 0 Å². The van der Waals surface area contributed by atoms with E-state index < -0.39 is 11.8 Å². The van der Waals surface area contributed by atoms with Gasteiger partial charge in [0.15, 0.2) is 0 Å². The number of benzene rings is 2. The molecule has 5 heteroatoms. The molecule has 2 aromatic carbocycles. The number of nitrogens with one attached hydrogen (secondary N) is 1. The molecule has 4 nitrogen and oxygen atoms in total. The van der Waals surface area contributed by atoms with Gasteiger partial charge in [-0.2, -0.15) is 5.26 Å². The van der Waals surface area contributed by atoms with Gasteiger partial charge in [0.2, 0.25) is 0 Å². The van der Waals surface area contributed by atoms with Crippen LogP contribution in [0.3, 0.4) is 0 Å². The molecule has 20 heavy (non-hydrogen) atoms. The molecule has 2 N–H and O–H groups in total.